The van der Waals surface area contributed by atoms with Crippen molar-refractivity contribution in [1.82, 2.24) is 0 Å². The molecule has 0 radical (unpaired) electrons. The summed E-state index contributed by atoms with van der Waals surface area (Å²) < 4.78 is 0. The maximum atomic E-state index is 3.58. The molecule has 0 spiro atoms. The van der Waals surface area contributed by atoms with E-state index in [2.05, 4.69) is 48.1 Å². The maximum absolute atomic E-state index is 3.58. The van der Waals surface area contributed by atoms with Crippen LogP contribution in [0.1, 0.15) is 36.6 Å². The topological polar surface area (TPSA) is 0 Å². The smallest absolute Gasteiger partial charge is 0.0123 e. The molecule has 2 unspecified atom stereocenters. The zero-order chi connectivity index (χ0) is 9.14. The zero-order valence-corrected chi connectivity index (χ0v) is 10.2. The van der Waals surface area contributed by atoms with Crippen LogP contribution < -0.4 is 0 Å². The van der Waals surface area contributed by atoms with Gasteiger partial charge < -0.3 is 0 Å². The lowest BCUT2D eigenvalue weighted by molar-refractivity contribution is 0.684. The molecule has 0 aliphatic carbocycles. The van der Waals surface area contributed by atoms with Gasteiger partial charge in [0.05, 0.1) is 0 Å². The Labute approximate surface area is 87.1 Å². The second kappa shape index (κ2) is 4.43. The Bertz CT molecular complexity index is 240. The minimum atomic E-state index is 0.618. The van der Waals surface area contributed by atoms with Gasteiger partial charge in [-0.1, -0.05) is 29.8 Å². The number of halogens is 1. The molecule has 1 aromatic rings. The number of alkyl halides is 1. The van der Waals surface area contributed by atoms with Crippen LogP contribution in [0, 0.1) is 6.92 Å². The van der Waals surface area contributed by atoms with E-state index in [1.165, 1.54) is 16.9 Å². The van der Waals surface area contributed by atoms with Crippen LogP contribution >= 0.6 is 27.3 Å². The molecule has 0 saturated heterocycles. The van der Waals surface area contributed by atoms with Gasteiger partial charge in [-0.05, 0) is 36.3 Å². The second-order valence-electron chi connectivity index (χ2n) is 3.41. The molecule has 0 aliphatic rings. The Morgan fingerprint density at radius 3 is 2.58 bits per heavy atom. The standard InChI is InChI=1S/C10H15BrS/c1-7(4-8(2)11)10-5-9(3)12-6-10/h5-8H,4H2,1-3H3. The van der Waals surface area contributed by atoms with Crippen molar-refractivity contribution in [2.75, 3.05) is 0 Å². The van der Waals surface area contributed by atoms with Crippen LogP contribution in [0.4, 0.5) is 0 Å². The van der Waals surface area contributed by atoms with Crippen molar-refractivity contribution in [2.45, 2.75) is 37.9 Å². The lowest BCUT2D eigenvalue weighted by Crippen LogP contribution is -1.98. The monoisotopic (exact) mass is 246 g/mol. The minimum Gasteiger partial charge on any atom is -0.149 e. The summed E-state index contributed by atoms with van der Waals surface area (Å²) >= 11 is 5.43. The van der Waals surface area contributed by atoms with Crippen molar-refractivity contribution in [2.24, 2.45) is 0 Å². The van der Waals surface area contributed by atoms with E-state index < -0.39 is 0 Å². The van der Waals surface area contributed by atoms with Crippen LogP contribution in [0.5, 0.6) is 0 Å². The summed E-state index contributed by atoms with van der Waals surface area (Å²) in [6.45, 7) is 6.66. The fourth-order valence-corrected chi connectivity index (χ4v) is 2.73. The molecule has 0 aliphatic heterocycles. The van der Waals surface area contributed by atoms with Gasteiger partial charge in [0.15, 0.2) is 0 Å². The van der Waals surface area contributed by atoms with Gasteiger partial charge in [-0.15, -0.1) is 11.3 Å². The average Bonchev–Trinajstić information content (AvgIpc) is 2.34. The second-order valence-corrected chi connectivity index (χ2v) is 6.09. The summed E-state index contributed by atoms with van der Waals surface area (Å²) in [6.07, 6.45) is 1.22. The quantitative estimate of drug-likeness (QED) is 0.697. The molecule has 1 rings (SSSR count). The Morgan fingerprint density at radius 2 is 2.17 bits per heavy atom. The molecule has 0 N–H and O–H groups in total. The largest absolute Gasteiger partial charge is 0.149 e. The molecule has 2 heteroatoms. The fraction of sp³-hybridized carbons (Fsp3) is 0.600. The van der Waals surface area contributed by atoms with Gasteiger partial charge in [-0.3, -0.25) is 0 Å². The molecule has 0 amide bonds. The van der Waals surface area contributed by atoms with Crippen LogP contribution in [0.25, 0.3) is 0 Å². The number of aryl methyl sites for hydroxylation is 1. The van der Waals surface area contributed by atoms with Crippen molar-refractivity contribution in [1.29, 1.82) is 0 Å². The Kier molecular flexibility index (Phi) is 3.78. The van der Waals surface area contributed by atoms with Crippen LogP contribution in [0.2, 0.25) is 0 Å². The van der Waals surface area contributed by atoms with Gasteiger partial charge >= 0.3 is 0 Å². The van der Waals surface area contributed by atoms with Gasteiger partial charge in [0.25, 0.3) is 0 Å². The summed E-state index contributed by atoms with van der Waals surface area (Å²) in [7, 11) is 0. The Hall–Kier alpha value is 0.180. The van der Waals surface area contributed by atoms with E-state index in [9.17, 15) is 0 Å². The lowest BCUT2D eigenvalue weighted by atomic mass is 9.99. The van der Waals surface area contributed by atoms with E-state index in [4.69, 9.17) is 0 Å². The molecule has 0 nitrogen and oxygen atoms in total. The molecular formula is C10H15BrS. The van der Waals surface area contributed by atoms with Crippen molar-refractivity contribution in [3.63, 3.8) is 0 Å². The van der Waals surface area contributed by atoms with E-state index in [0.29, 0.717) is 10.7 Å². The number of thiophene rings is 1. The first-order chi connectivity index (χ1) is 5.59. The third kappa shape index (κ3) is 2.91. The van der Waals surface area contributed by atoms with Gasteiger partial charge in [0.2, 0.25) is 0 Å². The lowest BCUT2D eigenvalue weighted by Gasteiger charge is -2.10. The predicted molar refractivity (Wildman–Crippen MR) is 60.5 cm³/mol. The summed E-state index contributed by atoms with van der Waals surface area (Å²) in [5, 5.41) is 2.27. The Balaban J connectivity index is 2.58. The molecule has 1 heterocycles. The summed E-state index contributed by atoms with van der Waals surface area (Å²) in [4.78, 5) is 2.03. The van der Waals surface area contributed by atoms with E-state index in [-0.39, 0.29) is 0 Å². The highest BCUT2D eigenvalue weighted by atomic mass is 79.9. The van der Waals surface area contributed by atoms with Crippen LogP contribution in [-0.4, -0.2) is 4.83 Å². The van der Waals surface area contributed by atoms with E-state index in [0.717, 1.165) is 0 Å². The molecule has 68 valence electrons. The zero-order valence-electron chi connectivity index (χ0n) is 7.80. The molecule has 0 aromatic carbocycles. The first-order valence-corrected chi connectivity index (χ1v) is 6.08. The van der Waals surface area contributed by atoms with Gasteiger partial charge in [-0.25, -0.2) is 0 Å². The first kappa shape index (κ1) is 10.3. The molecule has 0 bridgehead atoms. The van der Waals surface area contributed by atoms with Gasteiger partial charge in [0.1, 0.15) is 0 Å². The van der Waals surface area contributed by atoms with E-state index >= 15 is 0 Å². The van der Waals surface area contributed by atoms with Gasteiger partial charge in [-0.2, -0.15) is 0 Å². The Morgan fingerprint density at radius 1 is 1.50 bits per heavy atom. The van der Waals surface area contributed by atoms with E-state index in [1.807, 2.05) is 11.3 Å². The van der Waals surface area contributed by atoms with Crippen molar-refractivity contribution in [3.8, 4) is 0 Å². The predicted octanol–water partition coefficient (Wildman–Crippen LogP) is 4.33. The molecule has 1 aromatic heterocycles. The van der Waals surface area contributed by atoms with Crippen LogP contribution in [0.3, 0.4) is 0 Å². The third-order valence-corrected chi connectivity index (χ3v) is 3.25. The normalized spacial score (nSPS) is 16.0. The van der Waals surface area contributed by atoms with E-state index in [1.54, 1.807) is 0 Å². The molecule has 0 fully saturated rings. The van der Waals surface area contributed by atoms with Crippen molar-refractivity contribution in [3.05, 3.63) is 21.9 Å². The summed E-state index contributed by atoms with van der Waals surface area (Å²) in [6, 6.07) is 2.30. The van der Waals surface area contributed by atoms with Crippen LogP contribution in [0.15, 0.2) is 11.4 Å². The van der Waals surface area contributed by atoms with Crippen molar-refractivity contribution < 1.29 is 0 Å². The average molecular weight is 247 g/mol. The maximum Gasteiger partial charge on any atom is 0.0123 e. The minimum absolute atomic E-state index is 0.618. The fourth-order valence-electron chi connectivity index (χ4n) is 1.35. The number of hydrogen-bond acceptors (Lipinski definition) is 1. The van der Waals surface area contributed by atoms with Crippen LogP contribution in [-0.2, 0) is 0 Å². The molecule has 2 atom stereocenters. The third-order valence-electron chi connectivity index (χ3n) is 2.00. The SMILES string of the molecule is Cc1cc(C(C)CC(C)Br)cs1. The summed E-state index contributed by atoms with van der Waals surface area (Å²) in [5.41, 5.74) is 1.49. The molecule has 12 heavy (non-hydrogen) atoms. The highest BCUT2D eigenvalue weighted by Gasteiger charge is 2.09. The van der Waals surface area contributed by atoms with Gasteiger partial charge in [0, 0.05) is 9.70 Å². The molecular weight excluding hydrogens is 232 g/mol. The number of hydrogen-bond donors (Lipinski definition) is 0. The first-order valence-electron chi connectivity index (χ1n) is 4.28. The highest BCUT2D eigenvalue weighted by molar-refractivity contribution is 9.09. The molecule has 0 saturated carbocycles. The number of rotatable bonds is 3. The highest BCUT2D eigenvalue weighted by Crippen LogP contribution is 2.26. The summed E-state index contributed by atoms with van der Waals surface area (Å²) in [5.74, 6) is 0.685. The van der Waals surface area contributed by atoms with Crippen molar-refractivity contribution >= 4 is 27.3 Å².